The zero-order valence-electron chi connectivity index (χ0n) is 11.3. The number of benzene rings is 1. The van der Waals surface area contributed by atoms with Crippen LogP contribution >= 0.6 is 0 Å². The monoisotopic (exact) mass is 273 g/mol. The van der Waals surface area contributed by atoms with Crippen molar-refractivity contribution in [2.24, 2.45) is 0 Å². The number of carbonyl (C=O) groups is 3. The summed E-state index contributed by atoms with van der Waals surface area (Å²) >= 11 is 0. The van der Waals surface area contributed by atoms with Crippen molar-refractivity contribution in [1.29, 1.82) is 0 Å². The van der Waals surface area contributed by atoms with E-state index in [9.17, 15) is 14.4 Å². The summed E-state index contributed by atoms with van der Waals surface area (Å²) in [6, 6.07) is 6.81. The van der Waals surface area contributed by atoms with Crippen LogP contribution in [0, 0.1) is 0 Å². The minimum absolute atomic E-state index is 0.0562. The van der Waals surface area contributed by atoms with Crippen molar-refractivity contribution in [2.75, 3.05) is 4.90 Å². The van der Waals surface area contributed by atoms with Gasteiger partial charge in [-0.3, -0.25) is 14.4 Å². The number of hydrogen-bond donors (Lipinski definition) is 1. The Balaban J connectivity index is 2.18. The van der Waals surface area contributed by atoms with Gasteiger partial charge in [0, 0.05) is 17.6 Å². The van der Waals surface area contributed by atoms with E-state index >= 15 is 0 Å². The first-order valence-electron chi connectivity index (χ1n) is 6.29. The van der Waals surface area contributed by atoms with Gasteiger partial charge in [0.1, 0.15) is 0 Å². The van der Waals surface area contributed by atoms with Crippen LogP contribution in [0.4, 0.5) is 5.69 Å². The predicted octanol–water partition coefficient (Wildman–Crippen LogP) is 1.91. The third-order valence-corrected chi connectivity index (χ3v) is 3.43. The largest absolute Gasteiger partial charge is 0.481 e. The Bertz CT molecular complexity index is 589. The molecule has 1 aromatic carbocycles. The van der Waals surface area contributed by atoms with E-state index in [-0.39, 0.29) is 18.2 Å². The van der Waals surface area contributed by atoms with Gasteiger partial charge in [-0.1, -0.05) is 12.1 Å². The molecule has 2 amide bonds. The maximum absolute atomic E-state index is 12.0. The highest BCUT2D eigenvalue weighted by atomic mass is 16.4. The number of rotatable bonds is 4. The maximum atomic E-state index is 12.0. The molecule has 1 aliphatic heterocycles. The fourth-order valence-electron chi connectivity index (χ4n) is 2.05. The fraction of sp³-hybridized carbons (Fsp3) is 0.267. The lowest BCUT2D eigenvalue weighted by atomic mass is 10.1. The molecule has 0 saturated heterocycles. The second-order valence-corrected chi connectivity index (χ2v) is 4.76. The summed E-state index contributed by atoms with van der Waals surface area (Å²) in [7, 11) is 0. The average Bonchev–Trinajstić information content (AvgIpc) is 2.62. The van der Waals surface area contributed by atoms with Crippen LogP contribution in [0.2, 0.25) is 0 Å². The summed E-state index contributed by atoms with van der Waals surface area (Å²) in [5.41, 5.74) is 2.29. The quantitative estimate of drug-likeness (QED) is 0.850. The van der Waals surface area contributed by atoms with Gasteiger partial charge in [-0.15, -0.1) is 0 Å². The number of aryl methyl sites for hydroxylation is 1. The van der Waals surface area contributed by atoms with Crippen LogP contribution in [-0.2, 0) is 20.8 Å². The molecule has 0 radical (unpaired) electrons. The predicted molar refractivity (Wildman–Crippen MR) is 73.3 cm³/mol. The summed E-state index contributed by atoms with van der Waals surface area (Å²) in [6.45, 7) is 3.27. The van der Waals surface area contributed by atoms with Gasteiger partial charge in [0.25, 0.3) is 11.8 Å². The molecule has 0 unspecified atom stereocenters. The smallest absolute Gasteiger partial charge is 0.303 e. The van der Waals surface area contributed by atoms with Gasteiger partial charge in [0.15, 0.2) is 0 Å². The summed E-state index contributed by atoms with van der Waals surface area (Å²) in [4.78, 5) is 35.6. The van der Waals surface area contributed by atoms with Gasteiger partial charge >= 0.3 is 5.97 Å². The Morgan fingerprint density at radius 2 is 1.55 bits per heavy atom. The Morgan fingerprint density at radius 3 is 2.00 bits per heavy atom. The lowest BCUT2D eigenvalue weighted by molar-refractivity contribution is -0.137. The van der Waals surface area contributed by atoms with E-state index in [2.05, 4.69) is 0 Å². The minimum Gasteiger partial charge on any atom is -0.481 e. The molecule has 0 aromatic heterocycles. The van der Waals surface area contributed by atoms with E-state index in [1.165, 1.54) is 0 Å². The van der Waals surface area contributed by atoms with Crippen LogP contribution in [0.25, 0.3) is 0 Å². The Hall–Kier alpha value is -2.43. The highest BCUT2D eigenvalue weighted by Crippen LogP contribution is 2.26. The van der Waals surface area contributed by atoms with Crippen molar-refractivity contribution in [3.05, 3.63) is 41.0 Å². The van der Waals surface area contributed by atoms with Crippen LogP contribution in [0.5, 0.6) is 0 Å². The lowest BCUT2D eigenvalue weighted by Gasteiger charge is -2.15. The van der Waals surface area contributed by atoms with E-state index in [1.54, 1.807) is 38.1 Å². The van der Waals surface area contributed by atoms with Crippen LogP contribution < -0.4 is 4.90 Å². The second kappa shape index (κ2) is 5.28. The first-order chi connectivity index (χ1) is 9.41. The van der Waals surface area contributed by atoms with Gasteiger partial charge in [0.2, 0.25) is 0 Å². The first kappa shape index (κ1) is 14.0. The summed E-state index contributed by atoms with van der Waals surface area (Å²) in [5, 5.41) is 8.63. The highest BCUT2D eigenvalue weighted by molar-refractivity contribution is 6.32. The molecule has 1 aliphatic rings. The van der Waals surface area contributed by atoms with Crippen molar-refractivity contribution in [3.8, 4) is 0 Å². The van der Waals surface area contributed by atoms with Crippen molar-refractivity contribution in [1.82, 2.24) is 0 Å². The van der Waals surface area contributed by atoms with Crippen LogP contribution in [-0.4, -0.2) is 22.9 Å². The van der Waals surface area contributed by atoms with E-state index in [0.29, 0.717) is 23.3 Å². The first-order valence-corrected chi connectivity index (χ1v) is 6.29. The van der Waals surface area contributed by atoms with Gasteiger partial charge in [0.05, 0.1) is 5.69 Å². The number of nitrogens with zero attached hydrogens (tertiary/aromatic N) is 1. The number of amides is 2. The van der Waals surface area contributed by atoms with E-state index in [0.717, 1.165) is 10.5 Å². The van der Waals surface area contributed by atoms with Crippen LogP contribution in [0.1, 0.15) is 25.8 Å². The number of imide groups is 1. The topological polar surface area (TPSA) is 74.7 Å². The molecule has 20 heavy (non-hydrogen) atoms. The molecule has 2 rings (SSSR count). The average molecular weight is 273 g/mol. The summed E-state index contributed by atoms with van der Waals surface area (Å²) < 4.78 is 0. The van der Waals surface area contributed by atoms with Crippen LogP contribution in [0.3, 0.4) is 0 Å². The third kappa shape index (κ3) is 2.47. The van der Waals surface area contributed by atoms with E-state index in [4.69, 9.17) is 5.11 Å². The maximum Gasteiger partial charge on any atom is 0.303 e. The third-order valence-electron chi connectivity index (χ3n) is 3.43. The van der Waals surface area contributed by atoms with E-state index in [1.807, 2.05) is 0 Å². The van der Waals surface area contributed by atoms with Crippen LogP contribution in [0.15, 0.2) is 35.4 Å². The molecular formula is C15H15NO4. The lowest BCUT2D eigenvalue weighted by Crippen LogP contribution is -2.31. The number of carbonyl (C=O) groups excluding carboxylic acids is 2. The second-order valence-electron chi connectivity index (χ2n) is 4.76. The zero-order valence-corrected chi connectivity index (χ0v) is 11.3. The van der Waals surface area contributed by atoms with Gasteiger partial charge in [-0.2, -0.15) is 0 Å². The zero-order chi connectivity index (χ0) is 14.9. The molecule has 5 nitrogen and oxygen atoms in total. The molecule has 1 heterocycles. The molecule has 0 aliphatic carbocycles. The number of carboxylic acid groups (broad SMARTS) is 1. The number of anilines is 1. The molecule has 5 heteroatoms. The normalized spacial score (nSPS) is 15.2. The van der Waals surface area contributed by atoms with Crippen molar-refractivity contribution in [3.63, 3.8) is 0 Å². The van der Waals surface area contributed by atoms with Gasteiger partial charge in [-0.05, 0) is 38.0 Å². The summed E-state index contributed by atoms with van der Waals surface area (Å²) in [6.07, 6.45) is 0.481. The molecule has 1 aromatic rings. The number of hydrogen-bond acceptors (Lipinski definition) is 3. The Labute approximate surface area is 116 Å². The molecule has 0 bridgehead atoms. The van der Waals surface area contributed by atoms with E-state index < -0.39 is 5.97 Å². The Kier molecular flexibility index (Phi) is 3.70. The standard InChI is InChI=1S/C15H15NO4/c1-9-10(2)15(20)16(14(9)19)12-6-3-11(4-7-12)5-8-13(17)18/h3-4,6-7H,5,8H2,1-2H3,(H,17,18). The number of aliphatic carboxylic acids is 1. The molecule has 1 N–H and O–H groups in total. The Morgan fingerprint density at radius 1 is 1.05 bits per heavy atom. The number of carboxylic acids is 1. The minimum atomic E-state index is -0.852. The molecule has 0 spiro atoms. The SMILES string of the molecule is CC1=C(C)C(=O)N(c2ccc(CCC(=O)O)cc2)C1=O. The van der Waals surface area contributed by atoms with Crippen molar-refractivity contribution in [2.45, 2.75) is 26.7 Å². The van der Waals surface area contributed by atoms with Gasteiger partial charge in [-0.25, -0.2) is 4.90 Å². The highest BCUT2D eigenvalue weighted by Gasteiger charge is 2.34. The van der Waals surface area contributed by atoms with Crippen molar-refractivity contribution < 1.29 is 19.5 Å². The molecule has 0 atom stereocenters. The molecule has 0 saturated carbocycles. The molecule has 0 fully saturated rings. The van der Waals surface area contributed by atoms with Crippen molar-refractivity contribution >= 4 is 23.5 Å². The van der Waals surface area contributed by atoms with Gasteiger partial charge < -0.3 is 5.11 Å². The summed E-state index contributed by atoms with van der Waals surface area (Å²) in [5.74, 6) is -1.45. The fourth-order valence-corrected chi connectivity index (χ4v) is 2.05. The molecular weight excluding hydrogens is 258 g/mol. The molecule has 104 valence electrons.